The van der Waals surface area contributed by atoms with Crippen LogP contribution in [0.25, 0.3) is 5.57 Å². The lowest BCUT2D eigenvalue weighted by atomic mass is 9.92. The molecular weight excluding hydrogens is 424 g/mol. The quantitative estimate of drug-likeness (QED) is 0.504. The predicted molar refractivity (Wildman–Crippen MR) is 125 cm³/mol. The van der Waals surface area contributed by atoms with E-state index in [0.717, 1.165) is 43.6 Å². The van der Waals surface area contributed by atoms with Gasteiger partial charge in [-0.25, -0.2) is 0 Å². The molecule has 1 N–H and O–H groups in total. The van der Waals surface area contributed by atoms with Crippen LogP contribution in [0.4, 0.5) is 0 Å². The molecule has 1 aliphatic rings. The van der Waals surface area contributed by atoms with E-state index in [0.29, 0.717) is 0 Å². The summed E-state index contributed by atoms with van der Waals surface area (Å²) in [6, 6.07) is 4.53. The average Bonchev–Trinajstić information content (AvgIpc) is 3.40. The Morgan fingerprint density at radius 3 is 2.48 bits per heavy atom. The fraction of sp³-hybridized carbons (Fsp3) is 0.409. The lowest BCUT2D eigenvalue weighted by molar-refractivity contribution is 0.217. The van der Waals surface area contributed by atoms with Gasteiger partial charge in [-0.3, -0.25) is 9.69 Å². The van der Waals surface area contributed by atoms with E-state index >= 15 is 0 Å². The number of nitrogens with zero attached hydrogens (tertiary/aromatic N) is 1. The van der Waals surface area contributed by atoms with Gasteiger partial charge in [-0.1, -0.05) is 6.08 Å². The van der Waals surface area contributed by atoms with Gasteiger partial charge in [-0.2, -0.15) is 5.16 Å². The highest BCUT2D eigenvalue weighted by Crippen LogP contribution is 2.36. The molecule has 0 radical (unpaired) electrons. The molecule has 0 aliphatic heterocycles. The first-order valence-electron chi connectivity index (χ1n) is 9.76. The highest BCUT2D eigenvalue weighted by Gasteiger charge is 2.29. The van der Waals surface area contributed by atoms with E-state index in [1.807, 2.05) is 22.7 Å². The summed E-state index contributed by atoms with van der Waals surface area (Å²) in [4.78, 5) is 17.2. The number of hydrogen-bond donors (Lipinski definition) is 1. The second-order valence-corrected chi connectivity index (χ2v) is 9.36. The van der Waals surface area contributed by atoms with Crippen LogP contribution >= 0.6 is 35.1 Å². The van der Waals surface area contributed by atoms with Gasteiger partial charge in [0.25, 0.3) is 5.56 Å². The van der Waals surface area contributed by atoms with E-state index in [9.17, 15) is 4.79 Å². The van der Waals surface area contributed by atoms with E-state index in [1.165, 1.54) is 26.5 Å². The Morgan fingerprint density at radius 2 is 1.90 bits per heavy atom. The number of rotatable bonds is 6. The van der Waals surface area contributed by atoms with Crippen LogP contribution in [-0.4, -0.2) is 23.6 Å². The molecule has 7 heteroatoms. The lowest BCUT2D eigenvalue weighted by Gasteiger charge is -2.29. The first kappa shape index (κ1) is 22.1. The van der Waals surface area contributed by atoms with Gasteiger partial charge in [0.1, 0.15) is 5.76 Å². The topological polar surface area (TPSA) is 49.2 Å². The molecule has 0 amide bonds. The first-order valence-corrected chi connectivity index (χ1v) is 11.5. The summed E-state index contributed by atoms with van der Waals surface area (Å²) in [7, 11) is 2.12. The third-order valence-corrected chi connectivity index (χ3v) is 7.70. The number of H-pyrrole nitrogens is 1. The van der Waals surface area contributed by atoms with Crippen LogP contribution in [0.5, 0.6) is 0 Å². The number of aromatic amines is 1. The Morgan fingerprint density at radius 1 is 1.24 bits per heavy atom. The summed E-state index contributed by atoms with van der Waals surface area (Å²) < 4.78 is 5.36. The van der Waals surface area contributed by atoms with Crippen LogP contribution in [0.15, 0.2) is 38.3 Å². The molecule has 156 valence electrons. The highest BCUT2D eigenvalue weighted by molar-refractivity contribution is 7.14. The van der Waals surface area contributed by atoms with E-state index in [-0.39, 0.29) is 24.0 Å². The van der Waals surface area contributed by atoms with Crippen LogP contribution in [0, 0.1) is 13.8 Å². The summed E-state index contributed by atoms with van der Waals surface area (Å²) >= 11 is 3.62. The lowest BCUT2D eigenvalue weighted by Crippen LogP contribution is -2.31. The molecule has 0 fully saturated rings. The van der Waals surface area contributed by atoms with Crippen molar-refractivity contribution in [1.29, 1.82) is 0 Å². The minimum atomic E-state index is -0.0637. The molecule has 0 saturated heterocycles. The minimum absolute atomic E-state index is 0. The zero-order chi connectivity index (χ0) is 19.7. The molecule has 1 unspecified atom stereocenters. The van der Waals surface area contributed by atoms with Crippen molar-refractivity contribution in [2.45, 2.75) is 45.6 Å². The Hall–Kier alpha value is -1.60. The van der Waals surface area contributed by atoms with Gasteiger partial charge >= 0.3 is 0 Å². The van der Waals surface area contributed by atoms with E-state index in [4.69, 9.17) is 4.52 Å². The van der Waals surface area contributed by atoms with E-state index in [1.54, 1.807) is 0 Å². The van der Waals surface area contributed by atoms with Crippen LogP contribution in [0.1, 0.15) is 57.5 Å². The summed E-state index contributed by atoms with van der Waals surface area (Å²) in [5.74, 6) is 0.841. The van der Waals surface area contributed by atoms with Crippen LogP contribution in [0.2, 0.25) is 0 Å². The molecule has 4 nitrogen and oxygen atoms in total. The second-order valence-electron chi connectivity index (χ2n) is 7.53. The summed E-state index contributed by atoms with van der Waals surface area (Å²) in [6.45, 7) is 5.28. The monoisotopic (exact) mass is 450 g/mol. The van der Waals surface area contributed by atoms with Crippen molar-refractivity contribution >= 4 is 40.7 Å². The van der Waals surface area contributed by atoms with Crippen molar-refractivity contribution in [3.05, 3.63) is 71.5 Å². The third-order valence-electron chi connectivity index (χ3n) is 5.60. The van der Waals surface area contributed by atoms with Crippen LogP contribution in [-0.2, 0) is 6.42 Å². The number of hydrogen-bond acceptors (Lipinski definition) is 5. The van der Waals surface area contributed by atoms with Gasteiger partial charge in [-0.05, 0) is 74.2 Å². The van der Waals surface area contributed by atoms with E-state index in [2.05, 4.69) is 59.9 Å². The SMILES string of the molecule is Cc1ccsc1C(=CCCN(C)C1CCCc2o[nH]c(=O)c21)c1sccc1C.Cl. The van der Waals surface area contributed by atoms with Gasteiger partial charge in [0.2, 0.25) is 0 Å². The minimum Gasteiger partial charge on any atom is -0.383 e. The van der Waals surface area contributed by atoms with Crippen molar-refractivity contribution in [2.24, 2.45) is 0 Å². The van der Waals surface area contributed by atoms with Gasteiger partial charge in [0.15, 0.2) is 0 Å². The zero-order valence-electron chi connectivity index (χ0n) is 17.0. The van der Waals surface area contributed by atoms with Crippen molar-refractivity contribution in [3.8, 4) is 0 Å². The van der Waals surface area contributed by atoms with Crippen molar-refractivity contribution in [2.75, 3.05) is 13.6 Å². The number of thiophene rings is 2. The molecule has 0 spiro atoms. The number of aromatic nitrogens is 1. The first-order chi connectivity index (χ1) is 13.6. The number of fused-ring (bicyclic) bond motifs is 1. The summed E-state index contributed by atoms with van der Waals surface area (Å²) in [5.41, 5.74) is 4.78. The number of halogens is 1. The molecule has 0 bridgehead atoms. The summed E-state index contributed by atoms with van der Waals surface area (Å²) in [6.07, 6.45) is 6.25. The molecular formula is C22H27ClN2O2S2. The highest BCUT2D eigenvalue weighted by atomic mass is 35.5. The molecule has 3 aromatic rings. The second kappa shape index (κ2) is 9.47. The average molecular weight is 451 g/mol. The Bertz CT molecular complexity index is 1000. The number of aryl methyl sites for hydroxylation is 3. The Balaban J connectivity index is 0.00000240. The largest absolute Gasteiger partial charge is 0.383 e. The maximum atomic E-state index is 12.2. The van der Waals surface area contributed by atoms with Gasteiger partial charge in [0, 0.05) is 34.3 Å². The fourth-order valence-electron chi connectivity index (χ4n) is 4.06. The van der Waals surface area contributed by atoms with Crippen LogP contribution < -0.4 is 5.56 Å². The molecule has 1 aliphatic carbocycles. The molecule has 4 rings (SSSR count). The fourth-order valence-corrected chi connectivity index (χ4v) is 6.08. The standard InChI is InChI=1S/C22H26N2O2S2.ClH/c1-14-9-12-27-20(14)16(21-15(2)10-13-28-21)6-5-11-24(3)17-7-4-8-18-19(17)22(25)23-26-18;/h6,9-10,12-13,17H,4-5,7-8,11H2,1-3H3,(H,23,25);1H. The molecule has 3 aromatic heterocycles. The predicted octanol–water partition coefficient (Wildman–Crippen LogP) is 5.96. The number of nitrogens with one attached hydrogen (secondary N) is 1. The van der Waals surface area contributed by atoms with Crippen LogP contribution in [0.3, 0.4) is 0 Å². The maximum Gasteiger partial charge on any atom is 0.284 e. The van der Waals surface area contributed by atoms with Crippen molar-refractivity contribution in [3.63, 3.8) is 0 Å². The molecule has 0 aromatic carbocycles. The Kier molecular flexibility index (Phi) is 7.22. The van der Waals surface area contributed by atoms with Gasteiger partial charge < -0.3 is 4.52 Å². The molecule has 29 heavy (non-hydrogen) atoms. The Labute approximate surface area is 185 Å². The van der Waals surface area contributed by atoms with Gasteiger partial charge in [0.05, 0.1) is 5.56 Å². The third kappa shape index (κ3) is 4.45. The molecule has 3 heterocycles. The molecule has 1 atom stereocenters. The molecule has 0 saturated carbocycles. The van der Waals surface area contributed by atoms with Crippen molar-refractivity contribution < 1.29 is 4.52 Å². The normalized spacial score (nSPS) is 15.8. The summed E-state index contributed by atoms with van der Waals surface area (Å²) in [5, 5.41) is 6.86. The van der Waals surface area contributed by atoms with Crippen molar-refractivity contribution in [1.82, 2.24) is 10.1 Å². The maximum absolute atomic E-state index is 12.2. The smallest absolute Gasteiger partial charge is 0.284 e. The zero-order valence-corrected chi connectivity index (χ0v) is 19.4. The van der Waals surface area contributed by atoms with Gasteiger partial charge in [-0.15, -0.1) is 35.1 Å². The van der Waals surface area contributed by atoms with E-state index < -0.39 is 0 Å².